The van der Waals surface area contributed by atoms with Gasteiger partial charge in [-0.2, -0.15) is 0 Å². The number of benzene rings is 1. The standard InChI is InChI=1S/C12H16ClNO2S/c13-7-8-14-17(15,16)12-5-3-11(4-6-12)9-10-1-2-10/h3-6,10,14H,1-2,7-9H2. The van der Waals surface area contributed by atoms with E-state index < -0.39 is 10.0 Å². The molecule has 0 saturated heterocycles. The van der Waals surface area contributed by atoms with Crippen LogP contribution in [0.25, 0.3) is 0 Å². The fourth-order valence-corrected chi connectivity index (χ4v) is 2.95. The van der Waals surface area contributed by atoms with Gasteiger partial charge in [0.15, 0.2) is 0 Å². The van der Waals surface area contributed by atoms with Crippen LogP contribution in [-0.4, -0.2) is 20.8 Å². The van der Waals surface area contributed by atoms with Gasteiger partial charge in [0.25, 0.3) is 0 Å². The molecule has 1 saturated carbocycles. The second-order valence-corrected chi connectivity index (χ2v) is 6.52. The molecule has 2 rings (SSSR count). The van der Waals surface area contributed by atoms with Gasteiger partial charge >= 0.3 is 0 Å². The summed E-state index contributed by atoms with van der Waals surface area (Å²) >= 11 is 5.46. The van der Waals surface area contributed by atoms with Crippen molar-refractivity contribution >= 4 is 21.6 Å². The Bertz CT molecular complexity index is 466. The normalized spacial score (nSPS) is 16.1. The molecule has 1 aromatic carbocycles. The fourth-order valence-electron chi connectivity index (χ4n) is 1.72. The SMILES string of the molecule is O=S(=O)(NCCCl)c1ccc(CC2CC2)cc1. The predicted molar refractivity (Wildman–Crippen MR) is 68.8 cm³/mol. The molecule has 5 heteroatoms. The Morgan fingerprint density at radius 2 is 1.88 bits per heavy atom. The Balaban J connectivity index is 2.05. The topological polar surface area (TPSA) is 46.2 Å². The average molecular weight is 274 g/mol. The second-order valence-electron chi connectivity index (χ2n) is 4.38. The molecule has 0 aliphatic heterocycles. The van der Waals surface area contributed by atoms with E-state index in [9.17, 15) is 8.42 Å². The van der Waals surface area contributed by atoms with Crippen LogP contribution in [0.2, 0.25) is 0 Å². The summed E-state index contributed by atoms with van der Waals surface area (Å²) in [6, 6.07) is 7.11. The molecule has 0 unspecified atom stereocenters. The van der Waals surface area contributed by atoms with E-state index >= 15 is 0 Å². The summed E-state index contributed by atoms with van der Waals surface area (Å²) in [6.45, 7) is 0.258. The van der Waals surface area contributed by atoms with Gasteiger partial charge in [-0.15, -0.1) is 11.6 Å². The highest BCUT2D eigenvalue weighted by atomic mass is 35.5. The molecule has 0 spiro atoms. The molecule has 0 bridgehead atoms. The first kappa shape index (κ1) is 12.9. The zero-order valence-corrected chi connectivity index (χ0v) is 11.1. The summed E-state index contributed by atoms with van der Waals surface area (Å²) in [5, 5.41) is 0. The van der Waals surface area contributed by atoms with Gasteiger partial charge in [-0.05, 0) is 42.9 Å². The van der Waals surface area contributed by atoms with Gasteiger partial charge in [-0.1, -0.05) is 12.1 Å². The number of nitrogens with one attached hydrogen (secondary N) is 1. The minimum absolute atomic E-state index is 0.258. The molecule has 0 radical (unpaired) electrons. The summed E-state index contributed by atoms with van der Waals surface area (Å²) in [7, 11) is -3.39. The minimum Gasteiger partial charge on any atom is -0.210 e. The van der Waals surface area contributed by atoms with Crippen molar-refractivity contribution in [3.63, 3.8) is 0 Å². The largest absolute Gasteiger partial charge is 0.240 e. The molecule has 17 heavy (non-hydrogen) atoms. The molecule has 0 atom stereocenters. The lowest BCUT2D eigenvalue weighted by Crippen LogP contribution is -2.25. The van der Waals surface area contributed by atoms with Gasteiger partial charge < -0.3 is 0 Å². The van der Waals surface area contributed by atoms with Gasteiger partial charge in [0, 0.05) is 12.4 Å². The summed E-state index contributed by atoms with van der Waals surface area (Å²) in [5.74, 6) is 1.09. The maximum absolute atomic E-state index is 11.8. The quantitative estimate of drug-likeness (QED) is 0.808. The van der Waals surface area contributed by atoms with E-state index in [1.807, 2.05) is 12.1 Å². The van der Waals surface area contributed by atoms with Crippen molar-refractivity contribution in [3.8, 4) is 0 Å². The van der Waals surface area contributed by atoms with E-state index in [0.717, 1.165) is 12.3 Å². The van der Waals surface area contributed by atoms with Crippen molar-refractivity contribution in [1.82, 2.24) is 4.72 Å². The van der Waals surface area contributed by atoms with Crippen LogP contribution in [-0.2, 0) is 16.4 Å². The molecular formula is C12H16ClNO2S. The summed E-state index contributed by atoms with van der Waals surface area (Å²) < 4.78 is 26.0. The van der Waals surface area contributed by atoms with Crippen molar-refractivity contribution in [2.24, 2.45) is 5.92 Å². The molecule has 1 aromatic rings. The van der Waals surface area contributed by atoms with E-state index in [-0.39, 0.29) is 12.4 Å². The molecule has 0 amide bonds. The Kier molecular flexibility index (Phi) is 4.07. The van der Waals surface area contributed by atoms with Gasteiger partial charge in [-0.25, -0.2) is 13.1 Å². The maximum atomic E-state index is 11.8. The predicted octanol–water partition coefficient (Wildman–Crippen LogP) is 2.16. The molecule has 0 aromatic heterocycles. The van der Waals surface area contributed by atoms with Gasteiger partial charge in [-0.3, -0.25) is 0 Å². The summed E-state index contributed by atoms with van der Waals surface area (Å²) in [4.78, 5) is 0.308. The third-order valence-electron chi connectivity index (χ3n) is 2.84. The third kappa shape index (κ3) is 3.69. The summed E-state index contributed by atoms with van der Waals surface area (Å²) in [5.41, 5.74) is 1.21. The molecule has 1 aliphatic rings. The average Bonchev–Trinajstić information content (AvgIpc) is 3.11. The number of rotatable bonds is 6. The van der Waals surface area contributed by atoms with Crippen LogP contribution in [0.1, 0.15) is 18.4 Å². The van der Waals surface area contributed by atoms with Crippen LogP contribution in [0.3, 0.4) is 0 Å². The monoisotopic (exact) mass is 273 g/mol. The molecule has 0 heterocycles. The van der Waals surface area contributed by atoms with Crippen LogP contribution in [0, 0.1) is 5.92 Å². The lowest BCUT2D eigenvalue weighted by Gasteiger charge is -2.06. The Morgan fingerprint density at radius 1 is 1.24 bits per heavy atom. The summed E-state index contributed by atoms with van der Waals surface area (Å²) in [6.07, 6.45) is 3.67. The smallest absolute Gasteiger partial charge is 0.210 e. The Morgan fingerprint density at radius 3 is 2.41 bits per heavy atom. The number of hydrogen-bond acceptors (Lipinski definition) is 2. The van der Waals surface area contributed by atoms with Crippen molar-refractivity contribution in [2.45, 2.75) is 24.2 Å². The zero-order valence-electron chi connectivity index (χ0n) is 9.52. The van der Waals surface area contributed by atoms with Crippen molar-refractivity contribution in [2.75, 3.05) is 12.4 Å². The number of hydrogen-bond donors (Lipinski definition) is 1. The van der Waals surface area contributed by atoms with Gasteiger partial charge in [0.2, 0.25) is 10.0 Å². The Labute approximate surface area is 107 Å². The van der Waals surface area contributed by atoms with Crippen LogP contribution < -0.4 is 4.72 Å². The van der Waals surface area contributed by atoms with Crippen LogP contribution >= 0.6 is 11.6 Å². The van der Waals surface area contributed by atoms with Crippen molar-refractivity contribution in [3.05, 3.63) is 29.8 Å². The van der Waals surface area contributed by atoms with Gasteiger partial charge in [0.1, 0.15) is 0 Å². The van der Waals surface area contributed by atoms with Crippen molar-refractivity contribution in [1.29, 1.82) is 0 Å². The van der Waals surface area contributed by atoms with E-state index in [4.69, 9.17) is 11.6 Å². The number of sulfonamides is 1. The molecule has 1 N–H and O–H groups in total. The molecule has 94 valence electrons. The lowest BCUT2D eigenvalue weighted by molar-refractivity contribution is 0.584. The highest BCUT2D eigenvalue weighted by Gasteiger charge is 2.21. The van der Waals surface area contributed by atoms with E-state index in [0.29, 0.717) is 4.90 Å². The lowest BCUT2D eigenvalue weighted by atomic mass is 10.1. The van der Waals surface area contributed by atoms with Crippen LogP contribution in [0.4, 0.5) is 0 Å². The third-order valence-corrected chi connectivity index (χ3v) is 4.51. The van der Waals surface area contributed by atoms with E-state index in [1.54, 1.807) is 12.1 Å². The van der Waals surface area contributed by atoms with Crippen LogP contribution in [0.15, 0.2) is 29.2 Å². The number of alkyl halides is 1. The van der Waals surface area contributed by atoms with E-state index in [2.05, 4.69) is 4.72 Å². The first-order valence-corrected chi connectivity index (χ1v) is 7.78. The minimum atomic E-state index is -3.39. The van der Waals surface area contributed by atoms with Crippen molar-refractivity contribution < 1.29 is 8.42 Å². The molecule has 1 aliphatic carbocycles. The Hall–Kier alpha value is -0.580. The highest BCUT2D eigenvalue weighted by molar-refractivity contribution is 7.89. The highest BCUT2D eigenvalue weighted by Crippen LogP contribution is 2.32. The maximum Gasteiger partial charge on any atom is 0.240 e. The van der Waals surface area contributed by atoms with E-state index in [1.165, 1.54) is 18.4 Å². The molecular weight excluding hydrogens is 258 g/mol. The van der Waals surface area contributed by atoms with Crippen LogP contribution in [0.5, 0.6) is 0 Å². The number of halogens is 1. The first-order chi connectivity index (χ1) is 8.12. The second kappa shape index (κ2) is 5.38. The molecule has 1 fully saturated rings. The molecule has 3 nitrogen and oxygen atoms in total. The first-order valence-electron chi connectivity index (χ1n) is 5.76. The zero-order chi connectivity index (χ0) is 12.3. The van der Waals surface area contributed by atoms with Gasteiger partial charge in [0.05, 0.1) is 4.90 Å². The fraction of sp³-hybridized carbons (Fsp3) is 0.500.